The number of nitrogens with one attached hydrogen (secondary N) is 1. The van der Waals surface area contributed by atoms with E-state index in [-0.39, 0.29) is 21.8 Å². The Labute approximate surface area is 203 Å². The number of anilines is 1. The largest absolute Gasteiger partial charge is 0.378 e. The molecule has 0 radical (unpaired) electrons. The quantitative estimate of drug-likeness (QED) is 0.228. The molecule has 0 saturated carbocycles. The maximum Gasteiger partial charge on any atom is 0.339 e. The van der Waals surface area contributed by atoms with Gasteiger partial charge in [0.1, 0.15) is 22.3 Å². The number of nitriles is 1. The second-order valence-corrected chi connectivity index (χ2v) is 9.58. The van der Waals surface area contributed by atoms with Gasteiger partial charge in [0.25, 0.3) is 5.91 Å². The Bertz CT molecular complexity index is 1350. The molecular formula is C22H13BrCl2N2O4S. The molecule has 0 heterocycles. The van der Waals surface area contributed by atoms with Crippen molar-refractivity contribution in [1.29, 1.82) is 5.26 Å². The molecule has 0 atom stereocenters. The van der Waals surface area contributed by atoms with Crippen molar-refractivity contribution in [1.82, 2.24) is 0 Å². The Morgan fingerprint density at radius 3 is 2.41 bits per heavy atom. The number of nitrogens with zero attached hydrogens (tertiary/aromatic N) is 1. The molecule has 1 amide bonds. The molecule has 3 aromatic rings. The van der Waals surface area contributed by atoms with Gasteiger partial charge in [-0.25, -0.2) is 0 Å². The lowest BCUT2D eigenvalue weighted by Crippen LogP contribution is -2.14. The minimum absolute atomic E-state index is 0.0681. The third-order valence-electron chi connectivity index (χ3n) is 4.06. The second-order valence-electron chi connectivity index (χ2n) is 6.28. The number of para-hydroxylation sites is 1. The van der Waals surface area contributed by atoms with Crippen LogP contribution >= 0.6 is 39.1 Å². The fourth-order valence-electron chi connectivity index (χ4n) is 2.53. The SMILES string of the molecule is N#C/C(=C\c1cc(Br)ccc1OS(=O)(=O)c1ccc(Cl)cc1)C(=O)Nc1ccccc1Cl. The van der Waals surface area contributed by atoms with Gasteiger partial charge in [0.05, 0.1) is 10.7 Å². The van der Waals surface area contributed by atoms with Crippen molar-refractivity contribution in [3.63, 3.8) is 0 Å². The van der Waals surface area contributed by atoms with Crippen molar-refractivity contribution in [2.45, 2.75) is 4.90 Å². The van der Waals surface area contributed by atoms with Gasteiger partial charge in [-0.15, -0.1) is 0 Å². The monoisotopic (exact) mass is 550 g/mol. The van der Waals surface area contributed by atoms with Gasteiger partial charge in [-0.3, -0.25) is 4.79 Å². The van der Waals surface area contributed by atoms with Crippen molar-refractivity contribution < 1.29 is 17.4 Å². The summed E-state index contributed by atoms with van der Waals surface area (Å²) in [6.45, 7) is 0. The first kappa shape index (κ1) is 23.8. The number of hydrogen-bond donors (Lipinski definition) is 1. The number of halogens is 3. The molecule has 0 saturated heterocycles. The highest BCUT2D eigenvalue weighted by Gasteiger charge is 2.19. The molecule has 0 unspecified atom stereocenters. The fourth-order valence-corrected chi connectivity index (χ4v) is 4.17. The molecule has 0 aliphatic carbocycles. The van der Waals surface area contributed by atoms with Crippen LogP contribution < -0.4 is 9.50 Å². The molecule has 32 heavy (non-hydrogen) atoms. The fraction of sp³-hybridized carbons (Fsp3) is 0. The van der Waals surface area contributed by atoms with Gasteiger partial charge in [-0.05, 0) is 60.7 Å². The molecule has 0 spiro atoms. The lowest BCUT2D eigenvalue weighted by Gasteiger charge is -2.11. The van der Waals surface area contributed by atoms with Crippen LogP contribution in [0.15, 0.2) is 81.7 Å². The highest BCUT2D eigenvalue weighted by molar-refractivity contribution is 9.10. The van der Waals surface area contributed by atoms with Crippen molar-refractivity contribution in [2.75, 3.05) is 5.32 Å². The van der Waals surface area contributed by atoms with E-state index in [1.54, 1.807) is 30.3 Å². The Morgan fingerprint density at radius 1 is 1.06 bits per heavy atom. The third-order valence-corrected chi connectivity index (χ3v) is 6.38. The Kier molecular flexibility index (Phi) is 7.59. The summed E-state index contributed by atoms with van der Waals surface area (Å²) in [4.78, 5) is 12.5. The predicted octanol–water partition coefficient (Wildman–Crippen LogP) is 6.07. The molecular weight excluding hydrogens is 539 g/mol. The van der Waals surface area contributed by atoms with Crippen LogP contribution in [0.3, 0.4) is 0 Å². The highest BCUT2D eigenvalue weighted by Crippen LogP contribution is 2.29. The lowest BCUT2D eigenvalue weighted by atomic mass is 10.1. The van der Waals surface area contributed by atoms with E-state index < -0.39 is 16.0 Å². The van der Waals surface area contributed by atoms with Crippen LogP contribution in [-0.4, -0.2) is 14.3 Å². The molecule has 0 bridgehead atoms. The minimum Gasteiger partial charge on any atom is -0.378 e. The first-order chi connectivity index (χ1) is 15.2. The van der Waals surface area contributed by atoms with Crippen LogP contribution in [0.1, 0.15) is 5.56 Å². The first-order valence-electron chi connectivity index (χ1n) is 8.87. The molecule has 3 rings (SSSR count). The standard InChI is InChI=1S/C22H13BrCl2N2O4S/c23-16-5-10-21(31-32(29,30)18-8-6-17(24)7-9-18)14(12-16)11-15(13-26)22(28)27-20-4-2-1-3-19(20)25/h1-12H,(H,27,28)/b15-11+. The van der Waals surface area contributed by atoms with E-state index >= 15 is 0 Å². The van der Waals surface area contributed by atoms with Crippen molar-refractivity contribution in [3.8, 4) is 11.8 Å². The average molecular weight is 552 g/mol. The zero-order valence-electron chi connectivity index (χ0n) is 16.1. The van der Waals surface area contributed by atoms with Gasteiger partial charge in [0.2, 0.25) is 0 Å². The topological polar surface area (TPSA) is 96.3 Å². The predicted molar refractivity (Wildman–Crippen MR) is 127 cm³/mol. The van der Waals surface area contributed by atoms with Crippen LogP contribution in [0, 0.1) is 11.3 Å². The minimum atomic E-state index is -4.19. The number of amides is 1. The van der Waals surface area contributed by atoms with Crippen molar-refractivity contribution in [2.24, 2.45) is 0 Å². The maximum absolute atomic E-state index is 12.7. The van der Waals surface area contributed by atoms with Crippen molar-refractivity contribution in [3.05, 3.63) is 92.4 Å². The normalized spacial score (nSPS) is 11.5. The molecule has 0 aromatic heterocycles. The van der Waals surface area contributed by atoms with E-state index in [4.69, 9.17) is 27.4 Å². The number of carbonyl (C=O) groups is 1. The van der Waals surface area contributed by atoms with Crippen molar-refractivity contribution >= 4 is 66.9 Å². The maximum atomic E-state index is 12.7. The van der Waals surface area contributed by atoms with E-state index in [0.29, 0.717) is 20.2 Å². The zero-order valence-corrected chi connectivity index (χ0v) is 20.0. The van der Waals surface area contributed by atoms with Gasteiger partial charge >= 0.3 is 10.1 Å². The molecule has 6 nitrogen and oxygen atoms in total. The molecule has 3 aromatic carbocycles. The van der Waals surface area contributed by atoms with Crippen LogP contribution in [0.2, 0.25) is 10.0 Å². The van der Waals surface area contributed by atoms with E-state index in [1.165, 1.54) is 42.5 Å². The van der Waals surface area contributed by atoms with E-state index in [2.05, 4.69) is 21.2 Å². The van der Waals surface area contributed by atoms with Gasteiger partial charge in [0.15, 0.2) is 0 Å². The smallest absolute Gasteiger partial charge is 0.339 e. The molecule has 0 aliphatic rings. The Morgan fingerprint density at radius 2 is 1.75 bits per heavy atom. The summed E-state index contributed by atoms with van der Waals surface area (Å²) in [7, 11) is -4.19. The van der Waals surface area contributed by atoms with Gasteiger partial charge < -0.3 is 9.50 Å². The first-order valence-corrected chi connectivity index (χ1v) is 11.8. The number of rotatable bonds is 6. The summed E-state index contributed by atoms with van der Waals surface area (Å²) in [6, 6.07) is 18.3. The molecule has 10 heteroatoms. The third kappa shape index (κ3) is 5.90. The number of carbonyl (C=O) groups excluding carboxylic acids is 1. The van der Waals surface area contributed by atoms with E-state index in [1.807, 2.05) is 6.07 Å². The Balaban J connectivity index is 1.95. The summed E-state index contributed by atoms with van der Waals surface area (Å²) in [5, 5.41) is 12.7. The Hall–Kier alpha value is -2.83. The second kappa shape index (κ2) is 10.2. The number of benzene rings is 3. The molecule has 162 valence electrons. The van der Waals surface area contributed by atoms with Crippen LogP contribution in [0.4, 0.5) is 5.69 Å². The summed E-state index contributed by atoms with van der Waals surface area (Å²) < 4.78 is 31.2. The van der Waals surface area contributed by atoms with E-state index in [0.717, 1.165) is 0 Å². The summed E-state index contributed by atoms with van der Waals surface area (Å²) >= 11 is 15.1. The van der Waals surface area contributed by atoms with E-state index in [9.17, 15) is 18.5 Å². The van der Waals surface area contributed by atoms with Crippen LogP contribution in [-0.2, 0) is 14.9 Å². The van der Waals surface area contributed by atoms with Gasteiger partial charge in [-0.2, -0.15) is 13.7 Å². The number of hydrogen-bond acceptors (Lipinski definition) is 5. The zero-order chi connectivity index (χ0) is 23.3. The summed E-state index contributed by atoms with van der Waals surface area (Å²) in [5.41, 5.74) is 0.246. The highest BCUT2D eigenvalue weighted by atomic mass is 79.9. The molecule has 1 N–H and O–H groups in total. The van der Waals surface area contributed by atoms with Crippen LogP contribution in [0.25, 0.3) is 6.08 Å². The molecule has 0 fully saturated rings. The summed E-state index contributed by atoms with van der Waals surface area (Å²) in [6.07, 6.45) is 1.23. The van der Waals surface area contributed by atoms with Gasteiger partial charge in [0, 0.05) is 15.1 Å². The van der Waals surface area contributed by atoms with Crippen LogP contribution in [0.5, 0.6) is 5.75 Å². The summed E-state index contributed by atoms with van der Waals surface area (Å²) in [5.74, 6) is -0.784. The average Bonchev–Trinajstić information content (AvgIpc) is 2.75. The lowest BCUT2D eigenvalue weighted by molar-refractivity contribution is -0.112. The van der Waals surface area contributed by atoms with Gasteiger partial charge in [-0.1, -0.05) is 51.3 Å². The molecule has 0 aliphatic heterocycles.